The summed E-state index contributed by atoms with van der Waals surface area (Å²) in [6, 6.07) is 15.0. The van der Waals surface area contributed by atoms with Gasteiger partial charge in [0.1, 0.15) is 11.6 Å². The minimum atomic E-state index is -0.209. The fourth-order valence-electron chi connectivity index (χ4n) is 4.00. The van der Waals surface area contributed by atoms with Gasteiger partial charge in [-0.3, -0.25) is 4.79 Å². The SMILES string of the molecule is COc1ccc(-c2cnnc(-n3nc(C)c4c3NC(=O)CC4c3ccccc3Cl)n2)cc1. The monoisotopic (exact) mass is 446 g/mol. The normalized spacial score (nSPS) is 15.2. The Morgan fingerprint density at radius 1 is 1.16 bits per heavy atom. The summed E-state index contributed by atoms with van der Waals surface area (Å²) in [5, 5.41) is 16.5. The van der Waals surface area contributed by atoms with Gasteiger partial charge < -0.3 is 10.1 Å². The number of fused-ring (bicyclic) bond motifs is 1. The van der Waals surface area contributed by atoms with Crippen LogP contribution in [0.3, 0.4) is 0 Å². The summed E-state index contributed by atoms with van der Waals surface area (Å²) in [5.41, 5.74) is 4.04. The number of ether oxygens (including phenoxy) is 1. The lowest BCUT2D eigenvalue weighted by atomic mass is 9.86. The molecule has 5 rings (SSSR count). The molecule has 0 fully saturated rings. The molecule has 160 valence electrons. The third-order valence-electron chi connectivity index (χ3n) is 5.51. The van der Waals surface area contributed by atoms with Crippen molar-refractivity contribution in [3.8, 4) is 23.0 Å². The van der Waals surface area contributed by atoms with E-state index in [1.807, 2.05) is 55.5 Å². The molecule has 1 aliphatic rings. The first kappa shape index (κ1) is 20.1. The third-order valence-corrected chi connectivity index (χ3v) is 5.85. The molecule has 9 heteroatoms. The fraction of sp³-hybridized carbons (Fsp3) is 0.174. The second-order valence-electron chi connectivity index (χ2n) is 7.46. The van der Waals surface area contributed by atoms with Crippen LogP contribution in [0.2, 0.25) is 5.02 Å². The topological polar surface area (TPSA) is 94.8 Å². The molecule has 0 spiro atoms. The second kappa shape index (κ2) is 8.05. The number of amides is 1. The van der Waals surface area contributed by atoms with Crippen LogP contribution in [0.15, 0.2) is 54.7 Å². The number of nitrogens with zero attached hydrogens (tertiary/aromatic N) is 5. The summed E-state index contributed by atoms with van der Waals surface area (Å²) in [5.74, 6) is 1.22. The van der Waals surface area contributed by atoms with Gasteiger partial charge >= 0.3 is 0 Å². The minimum Gasteiger partial charge on any atom is -0.497 e. The largest absolute Gasteiger partial charge is 0.497 e. The molecule has 1 atom stereocenters. The van der Waals surface area contributed by atoms with Crippen LogP contribution in [0, 0.1) is 6.92 Å². The van der Waals surface area contributed by atoms with Crippen molar-refractivity contribution in [2.75, 3.05) is 12.4 Å². The molecule has 32 heavy (non-hydrogen) atoms. The van der Waals surface area contributed by atoms with Crippen LogP contribution in [0.4, 0.5) is 5.82 Å². The highest BCUT2D eigenvalue weighted by Gasteiger charge is 2.34. The molecule has 1 amide bonds. The maximum absolute atomic E-state index is 12.6. The van der Waals surface area contributed by atoms with Gasteiger partial charge in [-0.25, -0.2) is 4.98 Å². The van der Waals surface area contributed by atoms with E-state index >= 15 is 0 Å². The predicted octanol–water partition coefficient (Wildman–Crippen LogP) is 4.17. The van der Waals surface area contributed by atoms with E-state index in [1.165, 1.54) is 4.68 Å². The molecule has 8 nitrogen and oxygen atoms in total. The molecule has 3 heterocycles. The lowest BCUT2D eigenvalue weighted by Gasteiger charge is -2.24. The number of carbonyl (C=O) groups is 1. The highest BCUT2D eigenvalue weighted by molar-refractivity contribution is 6.31. The number of hydrogen-bond donors (Lipinski definition) is 1. The Labute approximate surface area is 189 Å². The highest BCUT2D eigenvalue weighted by atomic mass is 35.5. The highest BCUT2D eigenvalue weighted by Crippen LogP contribution is 2.42. The molecule has 2 aromatic heterocycles. The standard InChI is InChI=1S/C23H19ClN6O2/c1-13-21-17(16-5-3-4-6-18(16)24)11-20(31)27-22(21)30(29-13)23-26-19(12-25-28-23)14-7-9-15(32-2)10-8-14/h3-10,12,17H,11H2,1-2H3,(H,27,31). The lowest BCUT2D eigenvalue weighted by Crippen LogP contribution is -2.25. The minimum absolute atomic E-state index is 0.122. The Morgan fingerprint density at radius 2 is 1.94 bits per heavy atom. The number of rotatable bonds is 4. The number of carbonyl (C=O) groups excluding carboxylic acids is 1. The number of halogens is 1. The molecule has 0 radical (unpaired) electrons. The molecule has 1 unspecified atom stereocenters. The van der Waals surface area contributed by atoms with Crippen LogP contribution in [-0.4, -0.2) is 38.0 Å². The van der Waals surface area contributed by atoms with Crippen LogP contribution >= 0.6 is 11.6 Å². The van der Waals surface area contributed by atoms with Crippen molar-refractivity contribution in [3.05, 3.63) is 76.6 Å². The summed E-state index contributed by atoms with van der Waals surface area (Å²) in [4.78, 5) is 17.2. The number of anilines is 1. The van der Waals surface area contributed by atoms with Gasteiger partial charge in [0.15, 0.2) is 0 Å². The van der Waals surface area contributed by atoms with Crippen molar-refractivity contribution in [2.24, 2.45) is 0 Å². The molecule has 0 saturated heterocycles. The van der Waals surface area contributed by atoms with Crippen LogP contribution in [0.1, 0.15) is 29.2 Å². The number of nitrogens with one attached hydrogen (secondary N) is 1. The molecular weight excluding hydrogens is 428 g/mol. The summed E-state index contributed by atoms with van der Waals surface area (Å²) in [7, 11) is 1.62. The van der Waals surface area contributed by atoms with Gasteiger partial charge in [-0.05, 0) is 42.8 Å². The number of aryl methyl sites for hydroxylation is 1. The van der Waals surface area contributed by atoms with E-state index < -0.39 is 0 Å². The van der Waals surface area contributed by atoms with Gasteiger partial charge in [-0.1, -0.05) is 29.8 Å². The molecule has 0 saturated carbocycles. The van der Waals surface area contributed by atoms with E-state index in [9.17, 15) is 4.79 Å². The van der Waals surface area contributed by atoms with E-state index in [2.05, 4.69) is 25.6 Å². The Balaban J connectivity index is 1.60. The quantitative estimate of drug-likeness (QED) is 0.505. The third kappa shape index (κ3) is 3.48. The number of methoxy groups -OCH3 is 1. The Bertz CT molecular complexity index is 1320. The Hall–Kier alpha value is -3.78. The van der Waals surface area contributed by atoms with Crippen LogP contribution in [-0.2, 0) is 4.79 Å². The number of benzene rings is 2. The van der Waals surface area contributed by atoms with Crippen LogP contribution < -0.4 is 10.1 Å². The Morgan fingerprint density at radius 3 is 2.69 bits per heavy atom. The molecule has 2 aromatic carbocycles. The maximum atomic E-state index is 12.6. The first-order chi connectivity index (χ1) is 15.5. The van der Waals surface area contributed by atoms with E-state index in [0.29, 0.717) is 16.5 Å². The van der Waals surface area contributed by atoms with E-state index in [0.717, 1.165) is 28.1 Å². The molecule has 1 N–H and O–H groups in total. The average molecular weight is 447 g/mol. The first-order valence-corrected chi connectivity index (χ1v) is 10.4. The average Bonchev–Trinajstić information content (AvgIpc) is 3.15. The van der Waals surface area contributed by atoms with Gasteiger partial charge in [0.05, 0.1) is 24.7 Å². The van der Waals surface area contributed by atoms with Crippen molar-refractivity contribution < 1.29 is 9.53 Å². The number of hydrogen-bond acceptors (Lipinski definition) is 6. The maximum Gasteiger partial charge on any atom is 0.272 e. The fourth-order valence-corrected chi connectivity index (χ4v) is 4.27. The van der Waals surface area contributed by atoms with Gasteiger partial charge in [-0.2, -0.15) is 14.9 Å². The summed E-state index contributed by atoms with van der Waals surface area (Å²) < 4.78 is 6.75. The molecular formula is C23H19ClN6O2. The van der Waals surface area contributed by atoms with Crippen LogP contribution in [0.5, 0.6) is 5.75 Å². The van der Waals surface area contributed by atoms with E-state index in [-0.39, 0.29) is 24.2 Å². The van der Waals surface area contributed by atoms with Crippen molar-refractivity contribution in [1.29, 1.82) is 0 Å². The van der Waals surface area contributed by atoms with E-state index in [1.54, 1.807) is 13.3 Å². The van der Waals surface area contributed by atoms with Gasteiger partial charge in [0.2, 0.25) is 5.91 Å². The van der Waals surface area contributed by atoms with Crippen molar-refractivity contribution in [3.63, 3.8) is 0 Å². The summed E-state index contributed by atoms with van der Waals surface area (Å²) >= 11 is 6.46. The molecule has 0 bridgehead atoms. The van der Waals surface area contributed by atoms with Gasteiger partial charge in [0, 0.05) is 28.5 Å². The van der Waals surface area contributed by atoms with Crippen molar-refractivity contribution in [1.82, 2.24) is 25.0 Å². The zero-order valence-corrected chi connectivity index (χ0v) is 18.2. The smallest absolute Gasteiger partial charge is 0.272 e. The van der Waals surface area contributed by atoms with E-state index in [4.69, 9.17) is 16.3 Å². The van der Waals surface area contributed by atoms with Crippen molar-refractivity contribution >= 4 is 23.3 Å². The van der Waals surface area contributed by atoms with Crippen molar-refractivity contribution in [2.45, 2.75) is 19.3 Å². The summed E-state index contributed by atoms with van der Waals surface area (Å²) in [6.45, 7) is 1.90. The predicted molar refractivity (Wildman–Crippen MR) is 120 cm³/mol. The second-order valence-corrected chi connectivity index (χ2v) is 7.86. The summed E-state index contributed by atoms with van der Waals surface area (Å²) in [6.07, 6.45) is 1.87. The molecule has 1 aliphatic heterocycles. The number of aromatic nitrogens is 5. The van der Waals surface area contributed by atoms with Gasteiger partial charge in [0.25, 0.3) is 5.95 Å². The lowest BCUT2D eigenvalue weighted by molar-refractivity contribution is -0.116. The van der Waals surface area contributed by atoms with Crippen LogP contribution in [0.25, 0.3) is 17.2 Å². The Kier molecular flexibility index (Phi) is 5.07. The molecule has 4 aromatic rings. The first-order valence-electron chi connectivity index (χ1n) is 10.0. The van der Waals surface area contributed by atoms with Gasteiger partial charge in [-0.15, -0.1) is 5.10 Å². The molecule has 0 aliphatic carbocycles. The zero-order valence-electron chi connectivity index (χ0n) is 17.4. The zero-order chi connectivity index (χ0) is 22.2.